The van der Waals surface area contributed by atoms with Crippen molar-refractivity contribution in [2.24, 2.45) is 0 Å². The van der Waals surface area contributed by atoms with E-state index in [-0.39, 0.29) is 12.2 Å². The Morgan fingerprint density at radius 2 is 1.88 bits per heavy atom. The van der Waals surface area contributed by atoms with Crippen LogP contribution in [0.5, 0.6) is 0 Å². The Kier molecular flexibility index (Phi) is 8.88. The summed E-state index contributed by atoms with van der Waals surface area (Å²) in [6.07, 6.45) is 19.6. The Balaban J connectivity index is 1.21. The van der Waals surface area contributed by atoms with Crippen molar-refractivity contribution in [1.29, 1.82) is 0 Å². The fourth-order valence-electron chi connectivity index (χ4n) is 4.91. The van der Waals surface area contributed by atoms with E-state index in [1.165, 1.54) is 57.6 Å². The number of nitrogens with one attached hydrogen (secondary N) is 2. The standard InChI is InChI=1S/C24H37N5O3/c30-23(28-32-24-11-5-6-15-31-24)13-12-19-16-26-22(17-25-19)27-20-8-7-14-29(18-20)21-9-3-1-2-4-10-21/h12-13,16-17,20-21,24H,1-11,14-15,18H2,(H,26,27)(H,28,30)/t20-,24?/m1/s1. The maximum atomic E-state index is 11.9. The maximum absolute atomic E-state index is 11.9. The van der Waals surface area contributed by atoms with Gasteiger partial charge in [0.25, 0.3) is 5.91 Å². The van der Waals surface area contributed by atoms with Crippen LogP contribution in [0.25, 0.3) is 6.08 Å². The van der Waals surface area contributed by atoms with Crippen LogP contribution < -0.4 is 10.8 Å². The molecule has 3 aliphatic rings. The van der Waals surface area contributed by atoms with Crippen molar-refractivity contribution in [3.63, 3.8) is 0 Å². The smallest absolute Gasteiger partial charge is 0.267 e. The van der Waals surface area contributed by atoms with Crippen LogP contribution in [-0.2, 0) is 14.4 Å². The molecule has 1 aromatic rings. The molecule has 2 atom stereocenters. The van der Waals surface area contributed by atoms with Crippen molar-refractivity contribution in [2.45, 2.75) is 89.0 Å². The Morgan fingerprint density at radius 3 is 2.62 bits per heavy atom. The summed E-state index contributed by atoms with van der Waals surface area (Å²) in [4.78, 5) is 28.8. The third kappa shape index (κ3) is 7.25. The van der Waals surface area contributed by atoms with Gasteiger partial charge in [-0.25, -0.2) is 15.3 Å². The molecule has 3 fully saturated rings. The van der Waals surface area contributed by atoms with E-state index in [2.05, 4.69) is 25.7 Å². The number of aromatic nitrogens is 2. The van der Waals surface area contributed by atoms with Crippen molar-refractivity contribution < 1.29 is 14.4 Å². The minimum absolute atomic E-state index is 0.344. The topological polar surface area (TPSA) is 88.6 Å². The maximum Gasteiger partial charge on any atom is 0.267 e. The number of nitrogens with zero attached hydrogens (tertiary/aromatic N) is 3. The van der Waals surface area contributed by atoms with Crippen LogP contribution in [0.4, 0.5) is 5.82 Å². The third-order valence-corrected chi connectivity index (χ3v) is 6.65. The van der Waals surface area contributed by atoms with Crippen LogP contribution in [0.15, 0.2) is 18.5 Å². The van der Waals surface area contributed by atoms with Crippen molar-refractivity contribution in [3.8, 4) is 0 Å². The lowest BCUT2D eigenvalue weighted by Crippen LogP contribution is -2.47. The molecule has 1 saturated carbocycles. The third-order valence-electron chi connectivity index (χ3n) is 6.65. The summed E-state index contributed by atoms with van der Waals surface area (Å²) >= 11 is 0. The van der Waals surface area contributed by atoms with Crippen molar-refractivity contribution >= 4 is 17.8 Å². The predicted octanol–water partition coefficient (Wildman–Crippen LogP) is 3.66. The van der Waals surface area contributed by atoms with Gasteiger partial charge in [-0.05, 0) is 51.1 Å². The lowest BCUT2D eigenvalue weighted by atomic mass is 10.00. The molecule has 176 valence electrons. The number of likely N-dealkylation sites (tertiary alicyclic amines) is 1. The zero-order valence-electron chi connectivity index (χ0n) is 19.0. The number of carbonyl (C=O) groups is 1. The average Bonchev–Trinajstić information content (AvgIpc) is 3.13. The summed E-state index contributed by atoms with van der Waals surface area (Å²) in [6.45, 7) is 2.97. The molecule has 8 nitrogen and oxygen atoms in total. The number of hydrogen-bond donors (Lipinski definition) is 2. The number of amides is 1. The molecule has 3 heterocycles. The van der Waals surface area contributed by atoms with Crippen LogP contribution in [0, 0.1) is 0 Å². The number of hydroxylamine groups is 1. The second kappa shape index (κ2) is 12.3. The van der Waals surface area contributed by atoms with Gasteiger partial charge in [-0.2, -0.15) is 0 Å². The average molecular weight is 444 g/mol. The van der Waals surface area contributed by atoms with Crippen LogP contribution >= 0.6 is 0 Å². The number of carbonyl (C=O) groups excluding carboxylic acids is 1. The number of anilines is 1. The molecular weight excluding hydrogens is 406 g/mol. The van der Waals surface area contributed by atoms with Crippen molar-refractivity contribution in [1.82, 2.24) is 20.3 Å². The van der Waals surface area contributed by atoms with Crippen LogP contribution in [-0.4, -0.2) is 58.8 Å². The van der Waals surface area contributed by atoms with Gasteiger partial charge in [0.05, 0.1) is 18.1 Å². The second-order valence-electron chi connectivity index (χ2n) is 9.16. The minimum Gasteiger partial charge on any atom is -0.365 e. The quantitative estimate of drug-likeness (QED) is 0.378. The zero-order chi connectivity index (χ0) is 22.0. The number of hydrogen-bond acceptors (Lipinski definition) is 7. The Bertz CT molecular complexity index is 728. The molecule has 2 N–H and O–H groups in total. The zero-order valence-corrected chi connectivity index (χ0v) is 19.0. The second-order valence-corrected chi connectivity index (χ2v) is 9.16. The molecule has 1 aliphatic carbocycles. The van der Waals surface area contributed by atoms with E-state index in [0.717, 1.165) is 44.1 Å². The first-order valence-corrected chi connectivity index (χ1v) is 12.3. The lowest BCUT2D eigenvalue weighted by molar-refractivity contribution is -0.198. The van der Waals surface area contributed by atoms with Gasteiger partial charge in [0.2, 0.25) is 0 Å². The van der Waals surface area contributed by atoms with Gasteiger partial charge in [-0.3, -0.25) is 14.7 Å². The lowest BCUT2D eigenvalue weighted by Gasteiger charge is -2.38. The van der Waals surface area contributed by atoms with Crippen molar-refractivity contribution in [3.05, 3.63) is 24.2 Å². The molecule has 32 heavy (non-hydrogen) atoms. The highest BCUT2D eigenvalue weighted by atomic mass is 16.8. The predicted molar refractivity (Wildman–Crippen MR) is 124 cm³/mol. The largest absolute Gasteiger partial charge is 0.365 e. The van der Waals surface area contributed by atoms with Crippen LogP contribution in [0.1, 0.15) is 76.3 Å². The first-order chi connectivity index (χ1) is 15.8. The van der Waals surface area contributed by atoms with E-state index in [9.17, 15) is 4.79 Å². The van der Waals surface area contributed by atoms with Gasteiger partial charge in [0.15, 0.2) is 6.29 Å². The summed E-state index contributed by atoms with van der Waals surface area (Å²) in [7, 11) is 0. The van der Waals surface area contributed by atoms with Gasteiger partial charge >= 0.3 is 0 Å². The van der Waals surface area contributed by atoms with Gasteiger partial charge in [0, 0.05) is 37.7 Å². The highest BCUT2D eigenvalue weighted by molar-refractivity contribution is 5.90. The van der Waals surface area contributed by atoms with E-state index in [1.807, 2.05) is 0 Å². The molecule has 0 radical (unpaired) electrons. The molecule has 0 bridgehead atoms. The number of rotatable bonds is 7. The molecule has 8 heteroatoms. The van der Waals surface area contributed by atoms with E-state index < -0.39 is 0 Å². The van der Waals surface area contributed by atoms with Crippen LogP contribution in [0.3, 0.4) is 0 Å². The number of piperidine rings is 1. The molecular formula is C24H37N5O3. The van der Waals surface area contributed by atoms with Gasteiger partial charge in [-0.15, -0.1) is 0 Å². The first kappa shape index (κ1) is 23.1. The Hall–Kier alpha value is -2.03. The van der Waals surface area contributed by atoms with E-state index >= 15 is 0 Å². The van der Waals surface area contributed by atoms with Gasteiger partial charge in [0.1, 0.15) is 5.82 Å². The molecule has 2 aliphatic heterocycles. The van der Waals surface area contributed by atoms with E-state index in [4.69, 9.17) is 9.57 Å². The minimum atomic E-state index is -0.357. The molecule has 1 aromatic heterocycles. The first-order valence-electron chi connectivity index (χ1n) is 12.3. The SMILES string of the molecule is O=C(C=Cc1cnc(N[C@@H]2CCCN(C3CCCCCC3)C2)cn1)NOC1CCCCO1. The Morgan fingerprint density at radius 1 is 1.03 bits per heavy atom. The van der Waals surface area contributed by atoms with Gasteiger partial charge < -0.3 is 10.1 Å². The molecule has 1 amide bonds. The molecule has 4 rings (SSSR count). The Labute approximate surface area is 191 Å². The highest BCUT2D eigenvalue weighted by Gasteiger charge is 2.26. The normalized spacial score (nSPS) is 26.0. The van der Waals surface area contributed by atoms with Crippen LogP contribution in [0.2, 0.25) is 0 Å². The summed E-state index contributed by atoms with van der Waals surface area (Å²) in [6, 6.07) is 1.16. The summed E-state index contributed by atoms with van der Waals surface area (Å²) in [5.41, 5.74) is 3.04. The molecule has 2 saturated heterocycles. The summed E-state index contributed by atoms with van der Waals surface area (Å²) < 4.78 is 5.42. The summed E-state index contributed by atoms with van der Waals surface area (Å²) in [5, 5.41) is 3.56. The molecule has 1 unspecified atom stereocenters. The van der Waals surface area contributed by atoms with E-state index in [0.29, 0.717) is 18.3 Å². The fraction of sp³-hybridized carbons (Fsp3) is 0.708. The number of ether oxygens (including phenoxy) is 1. The van der Waals surface area contributed by atoms with Gasteiger partial charge in [-0.1, -0.05) is 25.7 Å². The molecule has 0 spiro atoms. The summed E-state index contributed by atoms with van der Waals surface area (Å²) in [5.74, 6) is 0.445. The fourth-order valence-corrected chi connectivity index (χ4v) is 4.91. The van der Waals surface area contributed by atoms with Crippen molar-refractivity contribution in [2.75, 3.05) is 25.0 Å². The van der Waals surface area contributed by atoms with E-state index in [1.54, 1.807) is 18.5 Å². The molecule has 0 aromatic carbocycles. The highest BCUT2D eigenvalue weighted by Crippen LogP contribution is 2.25. The monoisotopic (exact) mass is 443 g/mol.